The van der Waals surface area contributed by atoms with Crippen LogP contribution in [0.3, 0.4) is 0 Å². The van der Waals surface area contributed by atoms with Crippen LogP contribution in [0.15, 0.2) is 146 Å². The largest absolute Gasteiger partial charge is 0.507 e. The van der Waals surface area contributed by atoms with E-state index in [1.807, 2.05) is 106 Å². The summed E-state index contributed by atoms with van der Waals surface area (Å²) in [5.74, 6) is -0.280. The molecule has 1 N–H and O–H groups in total. The van der Waals surface area contributed by atoms with Crippen molar-refractivity contribution >= 4 is 11.0 Å². The second-order valence-electron chi connectivity index (χ2n) is 17.2. The highest BCUT2D eigenvalue weighted by atomic mass is 16.3. The molecule has 0 amide bonds. The zero-order valence-corrected chi connectivity index (χ0v) is 34.5. The Hall–Kier alpha value is -6.26. The first-order valence-electron chi connectivity index (χ1n) is 24.1. The molecule has 0 radical (unpaired) electrons. The Labute approximate surface area is 356 Å². The van der Waals surface area contributed by atoms with E-state index in [1.165, 1.54) is 0 Å². The van der Waals surface area contributed by atoms with Gasteiger partial charge in [0, 0.05) is 29.8 Å². The number of rotatable bonds is 7. The van der Waals surface area contributed by atoms with Crippen molar-refractivity contribution in [3.63, 3.8) is 0 Å². The molecule has 0 saturated carbocycles. The Morgan fingerprint density at radius 3 is 2.12 bits per heavy atom. The van der Waals surface area contributed by atoms with E-state index in [1.54, 1.807) is 0 Å². The minimum atomic E-state index is -0.897. The van der Waals surface area contributed by atoms with Gasteiger partial charge >= 0.3 is 0 Å². The lowest BCUT2D eigenvalue weighted by Crippen LogP contribution is -2.12. The van der Waals surface area contributed by atoms with Crippen LogP contribution in [0.25, 0.3) is 72.7 Å². The van der Waals surface area contributed by atoms with E-state index in [4.69, 9.17) is 16.0 Å². The van der Waals surface area contributed by atoms with Gasteiger partial charge in [0.1, 0.15) is 11.6 Å². The molecule has 0 atom stereocenters. The average molecular weight is 769 g/mol. The van der Waals surface area contributed by atoms with Gasteiger partial charge in [-0.3, -0.25) is 9.55 Å². The number of fused-ring (bicyclic) bond motifs is 1. The number of hydrogen-bond donors (Lipinski definition) is 1. The smallest absolute Gasteiger partial charge is 0.149 e. The van der Waals surface area contributed by atoms with Crippen molar-refractivity contribution in [2.75, 3.05) is 0 Å². The van der Waals surface area contributed by atoms with Crippen LogP contribution < -0.4 is 0 Å². The molecule has 8 aromatic rings. The van der Waals surface area contributed by atoms with Gasteiger partial charge in [-0.2, -0.15) is 0 Å². The minimum absolute atomic E-state index is 0.0119. The molecule has 290 valence electrons. The number of phenolic OH excluding ortho intramolecular Hbond substituents is 1. The molecule has 0 aliphatic rings. The van der Waals surface area contributed by atoms with Crippen LogP contribution in [-0.2, 0) is 10.8 Å². The predicted octanol–water partition coefficient (Wildman–Crippen LogP) is 14.5. The van der Waals surface area contributed by atoms with Crippen LogP contribution in [-0.4, -0.2) is 19.6 Å². The fourth-order valence-corrected chi connectivity index (χ4v) is 7.48. The van der Waals surface area contributed by atoms with Crippen LogP contribution in [0.2, 0.25) is 0 Å². The van der Waals surface area contributed by atoms with Crippen molar-refractivity contribution in [2.24, 2.45) is 0 Å². The monoisotopic (exact) mass is 768 g/mol. The number of phenols is 1. The lowest BCUT2D eigenvalue weighted by molar-refractivity contribution is 0.448. The number of imidazole rings is 1. The molecular formula is C54H53N3O. The maximum absolute atomic E-state index is 12.3. The molecular weight excluding hydrogens is 707 g/mol. The highest BCUT2D eigenvalue weighted by Gasteiger charge is 2.27. The number of benzene rings is 6. The predicted molar refractivity (Wildman–Crippen MR) is 244 cm³/mol. The fourth-order valence-electron chi connectivity index (χ4n) is 7.48. The number of pyridine rings is 1. The summed E-state index contributed by atoms with van der Waals surface area (Å²) >= 11 is 0. The van der Waals surface area contributed by atoms with Crippen LogP contribution in [0.4, 0.5) is 0 Å². The van der Waals surface area contributed by atoms with Crippen LogP contribution in [0.5, 0.6) is 5.75 Å². The van der Waals surface area contributed by atoms with Crippen molar-refractivity contribution in [1.29, 1.82) is 0 Å². The molecule has 58 heavy (non-hydrogen) atoms. The number of hydrogen-bond acceptors (Lipinski definition) is 3. The molecule has 0 aliphatic carbocycles. The molecule has 0 unspecified atom stereocenters. The fraction of sp³-hybridized carbons (Fsp3) is 0.222. The molecule has 6 aromatic carbocycles. The number of para-hydroxylation sites is 1. The molecule has 8 rings (SSSR count). The highest BCUT2D eigenvalue weighted by molar-refractivity contribution is 5.98. The van der Waals surface area contributed by atoms with Gasteiger partial charge in [0.2, 0.25) is 0 Å². The molecule has 4 heteroatoms. The quantitative estimate of drug-likeness (QED) is 0.176. The third-order valence-electron chi connectivity index (χ3n) is 10.6. The van der Waals surface area contributed by atoms with E-state index in [0.717, 1.165) is 50.1 Å². The summed E-state index contributed by atoms with van der Waals surface area (Å²) in [5.41, 5.74) is 8.29. The minimum Gasteiger partial charge on any atom is -0.507 e. The number of aromatic nitrogens is 3. The van der Waals surface area contributed by atoms with Gasteiger partial charge in [-0.15, -0.1) is 0 Å². The summed E-state index contributed by atoms with van der Waals surface area (Å²) in [6.45, 7) is 18.1. The molecule has 2 heterocycles. The zero-order chi connectivity index (χ0) is 48.8. The standard InChI is InChI=1S/C54H53N3O/c1-34(2)38-23-24-48(44(32-38)37-19-14-11-15-20-37)57-49-22-16-21-43(50(49)56-52(57)45-27-35(3)28-46(51(45)58)54(7,8)9)40-29-41(31-42(30-40)53(4,5)6)47-33-39(25-26-55-47)36-17-12-10-13-18-36/h10-34,58H,1-9H3/i10D,12D,13D,17D,18D,25D,26D,33D,34D. The number of aryl methyl sites for hydroxylation is 1. The summed E-state index contributed by atoms with van der Waals surface area (Å²) in [6, 6.07) is 27.9. The van der Waals surface area contributed by atoms with E-state index >= 15 is 0 Å². The van der Waals surface area contributed by atoms with Crippen molar-refractivity contribution in [2.45, 2.75) is 79.0 Å². The normalized spacial score (nSPS) is 14.5. The van der Waals surface area contributed by atoms with Gasteiger partial charge in [-0.1, -0.05) is 146 Å². The Kier molecular flexibility index (Phi) is 7.47. The Bertz CT molecular complexity index is 3270. The summed E-state index contributed by atoms with van der Waals surface area (Å²) in [6.07, 6.45) is -0.511. The van der Waals surface area contributed by atoms with E-state index in [2.05, 4.69) is 63.2 Å². The molecule has 0 bridgehead atoms. The lowest BCUT2D eigenvalue weighted by Gasteiger charge is -2.23. The third kappa shape index (κ3) is 7.36. The van der Waals surface area contributed by atoms with Gasteiger partial charge in [-0.05, 0) is 111 Å². The summed E-state index contributed by atoms with van der Waals surface area (Å²) in [5, 5.41) is 12.3. The molecule has 2 aromatic heterocycles. The third-order valence-corrected chi connectivity index (χ3v) is 10.6. The van der Waals surface area contributed by atoms with Crippen molar-refractivity contribution in [3.8, 4) is 67.5 Å². The Morgan fingerprint density at radius 1 is 0.672 bits per heavy atom. The summed E-state index contributed by atoms with van der Waals surface area (Å²) in [4.78, 5) is 9.92. The highest BCUT2D eigenvalue weighted by Crippen LogP contribution is 2.45. The first-order valence-corrected chi connectivity index (χ1v) is 19.6. The SMILES string of the molecule is [2H]c1nc(-c2cc(-c3cccc4c3nc(-c3cc(C)cc(C(C)(C)C)c3O)n4-c3ccc(C([2H])(C)C)cc3-c3ccccc3)cc(C(C)(C)C)c2)c([2H])c(-c2c([2H])c([2H])c([2H])c([2H])c2[2H])c1[2H]. The first-order chi connectivity index (χ1) is 31.3. The number of nitrogens with zero attached hydrogens (tertiary/aromatic N) is 3. The second-order valence-corrected chi connectivity index (χ2v) is 17.2. The van der Waals surface area contributed by atoms with E-state index in [-0.39, 0.29) is 28.6 Å². The molecule has 0 spiro atoms. The van der Waals surface area contributed by atoms with Gasteiger partial charge < -0.3 is 5.11 Å². The molecule has 0 saturated heterocycles. The van der Waals surface area contributed by atoms with Crippen molar-refractivity contribution in [1.82, 2.24) is 14.5 Å². The van der Waals surface area contributed by atoms with E-state index < -0.39 is 59.2 Å². The Morgan fingerprint density at radius 2 is 1.41 bits per heavy atom. The van der Waals surface area contributed by atoms with Gasteiger partial charge in [-0.25, -0.2) is 4.98 Å². The average Bonchev–Trinajstić information content (AvgIpc) is 3.66. The summed E-state index contributed by atoms with van der Waals surface area (Å²) in [7, 11) is 0. The molecule has 0 fully saturated rings. The van der Waals surface area contributed by atoms with Crippen molar-refractivity contribution in [3.05, 3.63) is 168 Å². The van der Waals surface area contributed by atoms with Crippen LogP contribution in [0.1, 0.15) is 95.9 Å². The molecule has 0 aliphatic heterocycles. The maximum Gasteiger partial charge on any atom is 0.149 e. The first kappa shape index (κ1) is 29.0. The van der Waals surface area contributed by atoms with Gasteiger partial charge in [0.05, 0.1) is 38.9 Å². The zero-order valence-electron chi connectivity index (χ0n) is 43.5. The van der Waals surface area contributed by atoms with E-state index in [9.17, 15) is 6.48 Å². The van der Waals surface area contributed by atoms with Gasteiger partial charge in [0.15, 0.2) is 0 Å². The van der Waals surface area contributed by atoms with E-state index in [0.29, 0.717) is 28.0 Å². The van der Waals surface area contributed by atoms with Gasteiger partial charge in [0.25, 0.3) is 0 Å². The maximum atomic E-state index is 12.3. The Balaban J connectivity index is 1.47. The van der Waals surface area contributed by atoms with Crippen LogP contribution >= 0.6 is 0 Å². The topological polar surface area (TPSA) is 50.9 Å². The lowest BCUT2D eigenvalue weighted by atomic mass is 9.83. The number of aromatic hydroxyl groups is 1. The van der Waals surface area contributed by atoms with Crippen LogP contribution in [0, 0.1) is 6.92 Å². The van der Waals surface area contributed by atoms with Crippen molar-refractivity contribution < 1.29 is 17.4 Å². The molecule has 4 nitrogen and oxygen atoms in total. The summed E-state index contributed by atoms with van der Waals surface area (Å²) < 4.78 is 80.5. The second kappa shape index (κ2) is 14.9.